The molecule has 0 unspecified atom stereocenters. The smallest absolute Gasteiger partial charge is 0.117 e. The maximum absolute atomic E-state index is 9.32. The second-order valence-corrected chi connectivity index (χ2v) is 4.71. The summed E-state index contributed by atoms with van der Waals surface area (Å²) >= 11 is 1.79. The average molecular weight is 206 g/mol. The van der Waals surface area contributed by atoms with E-state index in [4.69, 9.17) is 0 Å². The molecular formula is C12H14OS. The number of thiophene rings is 1. The number of aryl methyl sites for hydroxylation is 1. The summed E-state index contributed by atoms with van der Waals surface area (Å²) < 4.78 is 1.19. The van der Waals surface area contributed by atoms with Gasteiger partial charge in [0.15, 0.2) is 0 Å². The highest BCUT2D eigenvalue weighted by molar-refractivity contribution is 7.19. The Labute approximate surface area is 88.0 Å². The van der Waals surface area contributed by atoms with Crippen LogP contribution < -0.4 is 0 Å². The van der Waals surface area contributed by atoms with Gasteiger partial charge in [0, 0.05) is 9.58 Å². The van der Waals surface area contributed by atoms with E-state index in [1.165, 1.54) is 27.8 Å². The number of benzene rings is 1. The van der Waals surface area contributed by atoms with Crippen LogP contribution in [-0.2, 0) is 6.42 Å². The zero-order valence-electron chi connectivity index (χ0n) is 8.29. The molecule has 1 nitrogen and oxygen atoms in total. The van der Waals surface area contributed by atoms with Gasteiger partial charge in [-0.25, -0.2) is 0 Å². The van der Waals surface area contributed by atoms with Crippen molar-refractivity contribution >= 4 is 21.4 Å². The van der Waals surface area contributed by atoms with E-state index in [1.54, 1.807) is 17.4 Å². The first-order chi connectivity index (χ1) is 6.79. The van der Waals surface area contributed by atoms with Gasteiger partial charge in [-0.3, -0.25) is 0 Å². The zero-order chi connectivity index (χ0) is 9.97. The predicted octanol–water partition coefficient (Wildman–Crippen LogP) is 3.95. The topological polar surface area (TPSA) is 20.2 Å². The molecule has 2 rings (SSSR count). The first-order valence-corrected chi connectivity index (χ1v) is 5.82. The van der Waals surface area contributed by atoms with Crippen molar-refractivity contribution in [2.24, 2.45) is 0 Å². The molecule has 0 aliphatic rings. The van der Waals surface area contributed by atoms with Crippen LogP contribution in [0.15, 0.2) is 24.3 Å². The highest BCUT2D eigenvalue weighted by Gasteiger charge is 2.01. The van der Waals surface area contributed by atoms with Crippen LogP contribution in [0.3, 0.4) is 0 Å². The second kappa shape index (κ2) is 4.01. The number of phenols is 1. The van der Waals surface area contributed by atoms with Crippen LogP contribution in [0, 0.1) is 0 Å². The number of fused-ring (bicyclic) bond motifs is 1. The number of hydrogen-bond acceptors (Lipinski definition) is 2. The molecule has 0 saturated carbocycles. The Morgan fingerprint density at radius 2 is 2.14 bits per heavy atom. The minimum Gasteiger partial charge on any atom is -0.508 e. The van der Waals surface area contributed by atoms with Gasteiger partial charge in [-0.05, 0) is 42.5 Å². The SMILES string of the molecule is CCCCc1cc2ccc(O)cc2s1. The third-order valence-electron chi connectivity index (χ3n) is 2.33. The molecule has 0 aliphatic heterocycles. The van der Waals surface area contributed by atoms with E-state index < -0.39 is 0 Å². The van der Waals surface area contributed by atoms with Gasteiger partial charge in [0.25, 0.3) is 0 Å². The van der Waals surface area contributed by atoms with Crippen molar-refractivity contribution in [3.05, 3.63) is 29.1 Å². The minimum absolute atomic E-state index is 0.362. The van der Waals surface area contributed by atoms with Crippen LogP contribution in [0.1, 0.15) is 24.6 Å². The molecule has 0 fully saturated rings. The van der Waals surface area contributed by atoms with Gasteiger partial charge in [-0.1, -0.05) is 13.3 Å². The number of aromatic hydroxyl groups is 1. The molecule has 1 heterocycles. The Kier molecular flexibility index (Phi) is 2.73. The van der Waals surface area contributed by atoms with E-state index >= 15 is 0 Å². The summed E-state index contributed by atoms with van der Waals surface area (Å²) in [6.07, 6.45) is 3.65. The third kappa shape index (κ3) is 1.90. The maximum Gasteiger partial charge on any atom is 0.117 e. The number of phenolic OH excluding ortho intramolecular Hbond substituents is 1. The van der Waals surface area contributed by atoms with Crippen molar-refractivity contribution in [1.82, 2.24) is 0 Å². The van der Waals surface area contributed by atoms with Crippen molar-refractivity contribution in [2.75, 3.05) is 0 Å². The fourth-order valence-corrected chi connectivity index (χ4v) is 2.69. The molecule has 2 heteroatoms. The summed E-state index contributed by atoms with van der Waals surface area (Å²) in [6, 6.07) is 7.81. The molecular weight excluding hydrogens is 192 g/mol. The summed E-state index contributed by atoms with van der Waals surface area (Å²) in [6.45, 7) is 2.21. The molecule has 1 aromatic heterocycles. The quantitative estimate of drug-likeness (QED) is 0.806. The fourth-order valence-electron chi connectivity index (χ4n) is 1.55. The molecule has 1 aromatic carbocycles. The van der Waals surface area contributed by atoms with E-state index in [0.29, 0.717) is 5.75 Å². The summed E-state index contributed by atoms with van der Waals surface area (Å²) in [5.74, 6) is 0.362. The number of hydrogen-bond donors (Lipinski definition) is 1. The van der Waals surface area contributed by atoms with E-state index in [1.807, 2.05) is 12.1 Å². The molecule has 1 N–H and O–H groups in total. The van der Waals surface area contributed by atoms with Gasteiger partial charge in [-0.2, -0.15) is 0 Å². The molecule has 0 saturated heterocycles. The van der Waals surface area contributed by atoms with Crippen LogP contribution in [0.2, 0.25) is 0 Å². The lowest BCUT2D eigenvalue weighted by atomic mass is 10.2. The molecule has 74 valence electrons. The monoisotopic (exact) mass is 206 g/mol. The highest BCUT2D eigenvalue weighted by atomic mass is 32.1. The predicted molar refractivity (Wildman–Crippen MR) is 62.1 cm³/mol. The molecule has 2 aromatic rings. The lowest BCUT2D eigenvalue weighted by Crippen LogP contribution is -1.76. The Bertz CT molecular complexity index is 431. The van der Waals surface area contributed by atoms with Crippen molar-refractivity contribution < 1.29 is 5.11 Å². The first-order valence-electron chi connectivity index (χ1n) is 5.01. The molecule has 0 bridgehead atoms. The number of unbranched alkanes of at least 4 members (excludes halogenated alkanes) is 1. The van der Waals surface area contributed by atoms with E-state index in [-0.39, 0.29) is 0 Å². The summed E-state index contributed by atoms with van der Waals surface area (Å²) in [5.41, 5.74) is 0. The largest absolute Gasteiger partial charge is 0.508 e. The minimum atomic E-state index is 0.362. The first kappa shape index (κ1) is 9.53. The summed E-state index contributed by atoms with van der Waals surface area (Å²) in [7, 11) is 0. The Hall–Kier alpha value is -1.02. The van der Waals surface area contributed by atoms with E-state index in [0.717, 1.165) is 6.42 Å². The van der Waals surface area contributed by atoms with Crippen LogP contribution >= 0.6 is 11.3 Å². The van der Waals surface area contributed by atoms with Gasteiger partial charge in [0.2, 0.25) is 0 Å². The third-order valence-corrected chi connectivity index (χ3v) is 3.49. The van der Waals surface area contributed by atoms with Crippen LogP contribution in [0.4, 0.5) is 0 Å². The van der Waals surface area contributed by atoms with Crippen LogP contribution in [0.25, 0.3) is 10.1 Å². The molecule has 0 atom stereocenters. The summed E-state index contributed by atoms with van der Waals surface area (Å²) in [5, 5.41) is 10.6. The van der Waals surface area contributed by atoms with Crippen molar-refractivity contribution in [2.45, 2.75) is 26.2 Å². The molecule has 0 spiro atoms. The zero-order valence-corrected chi connectivity index (χ0v) is 9.10. The van der Waals surface area contributed by atoms with Crippen molar-refractivity contribution in [3.63, 3.8) is 0 Å². The Morgan fingerprint density at radius 3 is 2.93 bits per heavy atom. The van der Waals surface area contributed by atoms with Gasteiger partial charge >= 0.3 is 0 Å². The number of rotatable bonds is 3. The van der Waals surface area contributed by atoms with Crippen molar-refractivity contribution in [1.29, 1.82) is 0 Å². The normalized spacial score (nSPS) is 10.9. The molecule has 0 radical (unpaired) electrons. The standard InChI is InChI=1S/C12H14OS/c1-2-3-4-11-7-9-5-6-10(13)8-12(9)14-11/h5-8,13H,2-4H2,1H3. The second-order valence-electron chi connectivity index (χ2n) is 3.54. The van der Waals surface area contributed by atoms with Gasteiger partial charge in [0.05, 0.1) is 0 Å². The van der Waals surface area contributed by atoms with Crippen molar-refractivity contribution in [3.8, 4) is 5.75 Å². The maximum atomic E-state index is 9.32. The Balaban J connectivity index is 2.32. The van der Waals surface area contributed by atoms with Gasteiger partial charge < -0.3 is 5.11 Å². The molecule has 0 aliphatic carbocycles. The molecule has 0 amide bonds. The molecule has 14 heavy (non-hydrogen) atoms. The summed E-state index contributed by atoms with van der Waals surface area (Å²) in [4.78, 5) is 1.42. The van der Waals surface area contributed by atoms with Crippen LogP contribution in [0.5, 0.6) is 5.75 Å². The van der Waals surface area contributed by atoms with Gasteiger partial charge in [0.1, 0.15) is 5.75 Å². The average Bonchev–Trinajstić information content (AvgIpc) is 2.56. The lowest BCUT2D eigenvalue weighted by molar-refractivity contribution is 0.476. The fraction of sp³-hybridized carbons (Fsp3) is 0.333. The van der Waals surface area contributed by atoms with Crippen LogP contribution in [-0.4, -0.2) is 5.11 Å². The Morgan fingerprint density at radius 1 is 1.29 bits per heavy atom. The highest BCUT2D eigenvalue weighted by Crippen LogP contribution is 2.29. The van der Waals surface area contributed by atoms with E-state index in [2.05, 4.69) is 13.0 Å². The van der Waals surface area contributed by atoms with E-state index in [9.17, 15) is 5.11 Å². The lowest BCUT2D eigenvalue weighted by Gasteiger charge is -1.90. The van der Waals surface area contributed by atoms with Gasteiger partial charge in [-0.15, -0.1) is 11.3 Å².